The van der Waals surface area contributed by atoms with Gasteiger partial charge < -0.3 is 5.32 Å². The fraction of sp³-hybridized carbons (Fsp3) is 0.250. The molecule has 0 aliphatic heterocycles. The first kappa shape index (κ1) is 18.7. The van der Waals surface area contributed by atoms with Crippen LogP contribution in [0.2, 0.25) is 5.02 Å². The number of nitrogens with one attached hydrogen (secondary N) is 1. The van der Waals surface area contributed by atoms with Crippen molar-refractivity contribution in [3.05, 3.63) is 68.5 Å². The summed E-state index contributed by atoms with van der Waals surface area (Å²) in [5, 5.41) is 9.99. The molecule has 1 N–H and O–H groups in total. The predicted octanol–water partition coefficient (Wildman–Crippen LogP) is 3.77. The maximum atomic E-state index is 12.7. The highest BCUT2D eigenvalue weighted by atomic mass is 35.5. The molecule has 6 nitrogen and oxygen atoms in total. The number of halogens is 1. The smallest absolute Gasteiger partial charge is 0.291 e. The number of fused-ring (bicyclic) bond motifs is 3. The zero-order chi connectivity index (χ0) is 19.7. The van der Waals surface area contributed by atoms with E-state index in [9.17, 15) is 9.59 Å². The van der Waals surface area contributed by atoms with Crippen molar-refractivity contribution in [3.63, 3.8) is 0 Å². The van der Waals surface area contributed by atoms with Crippen molar-refractivity contribution in [2.45, 2.75) is 32.9 Å². The van der Waals surface area contributed by atoms with Crippen LogP contribution < -0.4 is 10.9 Å². The first-order valence-corrected chi connectivity index (χ1v) is 10.3. The second kappa shape index (κ2) is 7.77. The Balaban J connectivity index is 1.38. The molecular formula is C20H19ClN4O2S. The van der Waals surface area contributed by atoms with Crippen molar-refractivity contribution in [1.29, 1.82) is 0 Å². The molecule has 0 radical (unpaired) electrons. The monoisotopic (exact) mass is 414 g/mol. The molecule has 0 unspecified atom stereocenters. The number of carbonyl (C=O) groups excluding carboxylic acids is 1. The van der Waals surface area contributed by atoms with Crippen LogP contribution in [0.25, 0.3) is 15.7 Å². The molecule has 0 saturated carbocycles. The Labute approximate surface area is 170 Å². The Kier molecular flexibility index (Phi) is 5.19. The van der Waals surface area contributed by atoms with E-state index < -0.39 is 0 Å². The van der Waals surface area contributed by atoms with Gasteiger partial charge >= 0.3 is 0 Å². The van der Waals surface area contributed by atoms with Crippen molar-refractivity contribution < 1.29 is 4.79 Å². The number of thiophene rings is 1. The van der Waals surface area contributed by atoms with Gasteiger partial charge in [-0.25, -0.2) is 4.68 Å². The molecule has 0 bridgehead atoms. The van der Waals surface area contributed by atoms with Gasteiger partial charge in [-0.15, -0.1) is 11.3 Å². The third-order valence-corrected chi connectivity index (χ3v) is 5.75. The van der Waals surface area contributed by atoms with Gasteiger partial charge in [-0.2, -0.15) is 5.10 Å². The minimum Gasteiger partial charge on any atom is -0.352 e. The number of benzene rings is 1. The Morgan fingerprint density at radius 2 is 2.00 bits per heavy atom. The fourth-order valence-corrected chi connectivity index (χ4v) is 4.19. The van der Waals surface area contributed by atoms with Gasteiger partial charge in [0, 0.05) is 24.5 Å². The Hall–Kier alpha value is -2.64. The maximum Gasteiger partial charge on any atom is 0.291 e. The first-order chi connectivity index (χ1) is 13.5. The molecule has 0 fully saturated rings. The third-order valence-electron chi connectivity index (χ3n) is 4.64. The lowest BCUT2D eigenvalue weighted by atomic mass is 10.2. The third kappa shape index (κ3) is 3.68. The molecule has 0 aliphatic carbocycles. The molecule has 1 aromatic carbocycles. The number of nitrogens with zero attached hydrogens (tertiary/aromatic N) is 3. The number of rotatable bonds is 6. The molecule has 4 rings (SSSR count). The van der Waals surface area contributed by atoms with Gasteiger partial charge in [0.15, 0.2) is 0 Å². The molecule has 1 amide bonds. The summed E-state index contributed by atoms with van der Waals surface area (Å²) in [6.07, 6.45) is 0.881. The van der Waals surface area contributed by atoms with E-state index in [0.29, 0.717) is 36.5 Å². The summed E-state index contributed by atoms with van der Waals surface area (Å²) in [5.41, 5.74) is 2.50. The molecule has 3 aromatic heterocycles. The number of aryl methyl sites for hydroxylation is 2. The molecule has 0 spiro atoms. The number of amides is 1. The van der Waals surface area contributed by atoms with E-state index >= 15 is 0 Å². The summed E-state index contributed by atoms with van der Waals surface area (Å²) in [7, 11) is 0. The van der Waals surface area contributed by atoms with Crippen LogP contribution in [0, 0.1) is 6.92 Å². The SMILES string of the molecule is Cc1nn(CCCC(=O)NCc2ccc(Cl)cc2)c(=O)c2cc3sccc3n12. The molecule has 3 heterocycles. The number of aromatic nitrogens is 3. The molecule has 144 valence electrons. The summed E-state index contributed by atoms with van der Waals surface area (Å²) >= 11 is 7.46. The van der Waals surface area contributed by atoms with Gasteiger partial charge in [-0.05, 0) is 48.6 Å². The molecule has 4 aromatic rings. The van der Waals surface area contributed by atoms with E-state index in [2.05, 4.69) is 10.4 Å². The van der Waals surface area contributed by atoms with Crippen LogP contribution in [0.3, 0.4) is 0 Å². The summed E-state index contributed by atoms with van der Waals surface area (Å²) < 4.78 is 4.42. The Morgan fingerprint density at radius 3 is 2.79 bits per heavy atom. The Morgan fingerprint density at radius 1 is 1.21 bits per heavy atom. The maximum absolute atomic E-state index is 12.7. The van der Waals surface area contributed by atoms with Crippen molar-refractivity contribution in [1.82, 2.24) is 19.5 Å². The summed E-state index contributed by atoms with van der Waals surface area (Å²) in [6.45, 7) is 2.75. The highest BCUT2D eigenvalue weighted by molar-refractivity contribution is 7.17. The number of carbonyl (C=O) groups is 1. The first-order valence-electron chi connectivity index (χ1n) is 9.00. The van der Waals surface area contributed by atoms with E-state index in [-0.39, 0.29) is 11.5 Å². The van der Waals surface area contributed by atoms with Crippen molar-refractivity contribution in [2.24, 2.45) is 0 Å². The van der Waals surface area contributed by atoms with Gasteiger partial charge in [0.25, 0.3) is 5.56 Å². The van der Waals surface area contributed by atoms with Crippen LogP contribution in [-0.4, -0.2) is 20.1 Å². The fourth-order valence-electron chi connectivity index (χ4n) is 3.26. The standard InChI is InChI=1S/C20H19ClN4O2S/c1-13-23-24(20(27)17-11-18-16(25(13)17)8-10-28-18)9-2-3-19(26)22-12-14-4-6-15(21)7-5-14/h4-8,10-11H,2-3,9,12H2,1H3,(H,22,26). The quantitative estimate of drug-likeness (QED) is 0.522. The highest BCUT2D eigenvalue weighted by Crippen LogP contribution is 2.24. The molecular weight excluding hydrogens is 396 g/mol. The average Bonchev–Trinajstić information content (AvgIpc) is 3.26. The Bertz CT molecular complexity index is 1210. The molecule has 0 aliphatic rings. The van der Waals surface area contributed by atoms with Crippen LogP contribution in [0.4, 0.5) is 0 Å². The van der Waals surface area contributed by atoms with Gasteiger partial charge in [-0.1, -0.05) is 23.7 Å². The second-order valence-corrected chi connectivity index (χ2v) is 8.00. The van der Waals surface area contributed by atoms with Crippen molar-refractivity contribution >= 4 is 44.6 Å². The lowest BCUT2D eigenvalue weighted by Gasteiger charge is -2.09. The van der Waals surface area contributed by atoms with Gasteiger partial charge in [0.2, 0.25) is 5.91 Å². The van der Waals surface area contributed by atoms with Crippen LogP contribution in [0.1, 0.15) is 24.2 Å². The minimum absolute atomic E-state index is 0.0519. The van der Waals surface area contributed by atoms with Crippen molar-refractivity contribution in [2.75, 3.05) is 0 Å². The van der Waals surface area contributed by atoms with E-state index in [1.165, 1.54) is 4.68 Å². The summed E-state index contributed by atoms with van der Waals surface area (Å²) in [6, 6.07) is 11.3. The zero-order valence-electron chi connectivity index (χ0n) is 15.3. The predicted molar refractivity (Wildman–Crippen MR) is 112 cm³/mol. The molecule has 8 heteroatoms. The second-order valence-electron chi connectivity index (χ2n) is 6.62. The van der Waals surface area contributed by atoms with E-state index in [1.807, 2.05) is 41.0 Å². The van der Waals surface area contributed by atoms with E-state index in [4.69, 9.17) is 11.6 Å². The van der Waals surface area contributed by atoms with Gasteiger partial charge in [-0.3, -0.25) is 14.0 Å². The van der Waals surface area contributed by atoms with E-state index in [1.54, 1.807) is 23.5 Å². The largest absolute Gasteiger partial charge is 0.352 e. The number of hydrogen-bond acceptors (Lipinski definition) is 4. The highest BCUT2D eigenvalue weighted by Gasteiger charge is 2.13. The van der Waals surface area contributed by atoms with Gasteiger partial charge in [0.05, 0.1) is 10.2 Å². The molecule has 0 atom stereocenters. The topological polar surface area (TPSA) is 68.4 Å². The van der Waals surface area contributed by atoms with Crippen LogP contribution in [0.15, 0.2) is 46.6 Å². The number of hydrogen-bond donors (Lipinski definition) is 1. The molecule has 0 saturated heterocycles. The molecule has 28 heavy (non-hydrogen) atoms. The van der Waals surface area contributed by atoms with Crippen LogP contribution >= 0.6 is 22.9 Å². The average molecular weight is 415 g/mol. The van der Waals surface area contributed by atoms with Crippen LogP contribution in [0.5, 0.6) is 0 Å². The normalized spacial score (nSPS) is 11.4. The minimum atomic E-state index is -0.129. The van der Waals surface area contributed by atoms with Gasteiger partial charge in [0.1, 0.15) is 11.3 Å². The van der Waals surface area contributed by atoms with E-state index in [0.717, 1.165) is 21.6 Å². The van der Waals surface area contributed by atoms with Crippen LogP contribution in [-0.2, 0) is 17.9 Å². The van der Waals surface area contributed by atoms with Crippen molar-refractivity contribution in [3.8, 4) is 0 Å². The zero-order valence-corrected chi connectivity index (χ0v) is 16.9. The summed E-state index contributed by atoms with van der Waals surface area (Å²) in [4.78, 5) is 24.8. The summed E-state index contributed by atoms with van der Waals surface area (Å²) in [5.74, 6) is 0.708. The lowest BCUT2D eigenvalue weighted by Crippen LogP contribution is -2.27. The lowest BCUT2D eigenvalue weighted by molar-refractivity contribution is -0.121.